The van der Waals surface area contributed by atoms with E-state index >= 15 is 0 Å². The summed E-state index contributed by atoms with van der Waals surface area (Å²) in [5.41, 5.74) is 9.90. The van der Waals surface area contributed by atoms with Crippen LogP contribution in [0.4, 0.5) is 11.4 Å². The third-order valence-corrected chi connectivity index (χ3v) is 7.95. The number of methoxy groups -OCH3 is 2. The number of nitrogens with two attached hydrogens (primary N) is 1. The minimum absolute atomic E-state index is 0.0182. The molecular weight excluding hydrogens is 542 g/mol. The summed E-state index contributed by atoms with van der Waals surface area (Å²) in [6.45, 7) is 2.76. The molecule has 2 heterocycles. The van der Waals surface area contributed by atoms with Crippen LogP contribution in [0.3, 0.4) is 0 Å². The Labute approximate surface area is 251 Å². The average Bonchev–Trinajstić information content (AvgIpc) is 3.05. The Hall–Kier alpha value is -5.07. The van der Waals surface area contributed by atoms with E-state index < -0.39 is 17.9 Å². The number of nitrogens with one attached hydrogen (secondary N) is 1. The van der Waals surface area contributed by atoms with Crippen molar-refractivity contribution in [3.8, 4) is 6.07 Å². The molecule has 0 spiro atoms. The van der Waals surface area contributed by atoms with Crippen molar-refractivity contribution in [2.75, 3.05) is 37.5 Å². The predicted octanol–water partition coefficient (Wildman–Crippen LogP) is 4.66. The zero-order valence-electron chi connectivity index (χ0n) is 24.3. The quantitative estimate of drug-likeness (QED) is 0.368. The molecule has 0 bridgehead atoms. The second-order valence-electron chi connectivity index (χ2n) is 10.5. The van der Waals surface area contributed by atoms with E-state index in [2.05, 4.69) is 40.6 Å². The van der Waals surface area contributed by atoms with Gasteiger partial charge in [0.15, 0.2) is 0 Å². The van der Waals surface area contributed by atoms with Crippen LogP contribution in [0.1, 0.15) is 29.9 Å². The van der Waals surface area contributed by atoms with E-state index in [1.807, 2.05) is 30.3 Å². The lowest BCUT2D eigenvalue weighted by Crippen LogP contribution is -2.42. The summed E-state index contributed by atoms with van der Waals surface area (Å²) in [4.78, 5) is 30.7. The first-order valence-corrected chi connectivity index (χ1v) is 14.2. The SMILES string of the molecule is COC(=O)C1=C(C(=O)OC)N(c2ccccc2NC2CCN(Cc3ccccc3)CC2)C(N)=C(C#N)C1c1ccccc1. The number of ether oxygens (including phenoxy) is 2. The topological polar surface area (TPSA) is 121 Å². The Morgan fingerprint density at radius 1 is 0.907 bits per heavy atom. The number of piperidine rings is 1. The molecule has 3 N–H and O–H groups in total. The van der Waals surface area contributed by atoms with Gasteiger partial charge < -0.3 is 20.5 Å². The highest BCUT2D eigenvalue weighted by molar-refractivity contribution is 6.07. The number of rotatable bonds is 8. The number of nitrogens with zero attached hydrogens (tertiary/aromatic N) is 3. The van der Waals surface area contributed by atoms with E-state index in [9.17, 15) is 14.9 Å². The van der Waals surface area contributed by atoms with Gasteiger partial charge in [0, 0.05) is 25.7 Å². The molecule has 3 aromatic carbocycles. The molecule has 43 heavy (non-hydrogen) atoms. The molecule has 1 unspecified atom stereocenters. The molecule has 9 heteroatoms. The first kappa shape index (κ1) is 29.4. The van der Waals surface area contributed by atoms with Crippen molar-refractivity contribution in [2.45, 2.75) is 31.3 Å². The number of likely N-dealkylation sites (tertiary alicyclic amines) is 1. The highest BCUT2D eigenvalue weighted by Gasteiger charge is 2.43. The van der Waals surface area contributed by atoms with E-state index in [-0.39, 0.29) is 28.7 Å². The van der Waals surface area contributed by atoms with Gasteiger partial charge in [-0.05, 0) is 36.1 Å². The van der Waals surface area contributed by atoms with Crippen LogP contribution in [0.25, 0.3) is 0 Å². The predicted molar refractivity (Wildman–Crippen MR) is 164 cm³/mol. The maximum Gasteiger partial charge on any atom is 0.355 e. The number of hydrogen-bond acceptors (Lipinski definition) is 9. The fraction of sp³-hybridized carbons (Fsp3) is 0.265. The first-order chi connectivity index (χ1) is 21.0. The Kier molecular flexibility index (Phi) is 9.08. The minimum atomic E-state index is -0.918. The molecule has 0 amide bonds. The van der Waals surface area contributed by atoms with Gasteiger partial charge in [0.25, 0.3) is 0 Å². The normalized spacial score (nSPS) is 17.8. The van der Waals surface area contributed by atoms with Gasteiger partial charge in [0.05, 0.1) is 48.7 Å². The molecule has 0 aliphatic carbocycles. The van der Waals surface area contributed by atoms with E-state index in [0.717, 1.165) is 32.5 Å². The van der Waals surface area contributed by atoms with Gasteiger partial charge in [-0.2, -0.15) is 5.26 Å². The number of allylic oxidation sites excluding steroid dienone is 1. The van der Waals surface area contributed by atoms with Crippen molar-refractivity contribution in [2.24, 2.45) is 5.73 Å². The van der Waals surface area contributed by atoms with E-state index in [4.69, 9.17) is 15.2 Å². The fourth-order valence-electron chi connectivity index (χ4n) is 5.85. The number of hydrogen-bond donors (Lipinski definition) is 2. The number of benzene rings is 3. The van der Waals surface area contributed by atoms with Crippen molar-refractivity contribution in [3.63, 3.8) is 0 Å². The highest BCUT2D eigenvalue weighted by atomic mass is 16.5. The lowest BCUT2D eigenvalue weighted by molar-refractivity contribution is -0.139. The van der Waals surface area contributed by atoms with Gasteiger partial charge in [-0.3, -0.25) is 9.80 Å². The Balaban J connectivity index is 1.51. The van der Waals surface area contributed by atoms with Crippen LogP contribution in [0, 0.1) is 11.3 Å². The van der Waals surface area contributed by atoms with Crippen LogP contribution in [-0.4, -0.2) is 50.2 Å². The van der Waals surface area contributed by atoms with Crippen molar-refractivity contribution >= 4 is 23.3 Å². The summed E-state index contributed by atoms with van der Waals surface area (Å²) in [6, 6.07) is 29.2. The number of carbonyl (C=O) groups excluding carboxylic acids is 2. The molecule has 1 atom stereocenters. The lowest BCUT2D eigenvalue weighted by atomic mass is 9.81. The number of anilines is 2. The fourth-order valence-corrected chi connectivity index (χ4v) is 5.85. The van der Waals surface area contributed by atoms with Crippen LogP contribution in [0.5, 0.6) is 0 Å². The minimum Gasteiger partial charge on any atom is -0.466 e. The van der Waals surface area contributed by atoms with Crippen LogP contribution in [-0.2, 0) is 25.6 Å². The number of carbonyl (C=O) groups is 2. The zero-order chi connectivity index (χ0) is 30.3. The summed E-state index contributed by atoms with van der Waals surface area (Å²) in [5.74, 6) is -2.41. The molecule has 1 fully saturated rings. The number of esters is 2. The van der Waals surface area contributed by atoms with Crippen molar-refractivity contribution in [3.05, 3.63) is 119 Å². The molecule has 2 aliphatic rings. The van der Waals surface area contributed by atoms with Gasteiger partial charge in [-0.1, -0.05) is 72.8 Å². The van der Waals surface area contributed by atoms with Crippen LogP contribution < -0.4 is 16.0 Å². The molecular formula is C34H35N5O4. The molecule has 0 radical (unpaired) electrons. The van der Waals surface area contributed by atoms with E-state index in [1.165, 1.54) is 24.7 Å². The largest absolute Gasteiger partial charge is 0.466 e. The van der Waals surface area contributed by atoms with Crippen LogP contribution in [0.15, 0.2) is 108 Å². The summed E-state index contributed by atoms with van der Waals surface area (Å²) in [7, 11) is 2.48. The van der Waals surface area contributed by atoms with Gasteiger partial charge in [-0.15, -0.1) is 0 Å². The summed E-state index contributed by atoms with van der Waals surface area (Å²) in [5, 5.41) is 14.0. The third kappa shape index (κ3) is 6.10. The highest BCUT2D eigenvalue weighted by Crippen LogP contribution is 2.45. The van der Waals surface area contributed by atoms with Gasteiger partial charge in [0.1, 0.15) is 11.5 Å². The Morgan fingerprint density at radius 2 is 1.51 bits per heavy atom. The van der Waals surface area contributed by atoms with Crippen molar-refractivity contribution < 1.29 is 19.1 Å². The smallest absolute Gasteiger partial charge is 0.355 e. The molecule has 2 aliphatic heterocycles. The van der Waals surface area contributed by atoms with Crippen LogP contribution in [0.2, 0.25) is 0 Å². The van der Waals surface area contributed by atoms with Crippen molar-refractivity contribution in [1.29, 1.82) is 5.26 Å². The third-order valence-electron chi connectivity index (χ3n) is 7.95. The second kappa shape index (κ2) is 13.3. The number of nitriles is 1. The van der Waals surface area contributed by atoms with Crippen molar-refractivity contribution in [1.82, 2.24) is 4.90 Å². The maximum absolute atomic E-state index is 13.5. The molecule has 1 saturated heterocycles. The van der Waals surface area contributed by atoms with Gasteiger partial charge >= 0.3 is 11.9 Å². The standard InChI is InChI=1S/C34H35N5O4/c1-42-33(40)30-29(24-13-7-4-8-14-24)26(21-35)32(36)39(31(30)34(41)43-2)28-16-10-9-15-27(28)37-25-17-19-38(20-18-25)22-23-11-5-3-6-12-23/h3-16,25,29,37H,17-20,22,36H2,1-2H3. The van der Waals surface area contributed by atoms with Gasteiger partial charge in [-0.25, -0.2) is 9.59 Å². The van der Waals surface area contributed by atoms with E-state index in [0.29, 0.717) is 16.9 Å². The summed E-state index contributed by atoms with van der Waals surface area (Å²) < 4.78 is 10.3. The number of para-hydroxylation sites is 2. The molecule has 0 saturated carbocycles. The Bertz CT molecular complexity index is 1570. The lowest BCUT2D eigenvalue weighted by Gasteiger charge is -2.38. The molecule has 0 aromatic heterocycles. The molecule has 3 aromatic rings. The summed E-state index contributed by atoms with van der Waals surface area (Å²) in [6.07, 6.45) is 1.83. The van der Waals surface area contributed by atoms with Crippen LogP contribution >= 0.6 is 0 Å². The Morgan fingerprint density at radius 3 is 2.14 bits per heavy atom. The van der Waals surface area contributed by atoms with E-state index in [1.54, 1.807) is 30.3 Å². The molecule has 220 valence electrons. The molecule has 9 nitrogen and oxygen atoms in total. The maximum atomic E-state index is 13.5. The molecule has 5 rings (SSSR count). The second-order valence-corrected chi connectivity index (χ2v) is 10.5. The average molecular weight is 578 g/mol. The zero-order valence-corrected chi connectivity index (χ0v) is 24.3. The van der Waals surface area contributed by atoms with Gasteiger partial charge in [0.2, 0.25) is 0 Å². The summed E-state index contributed by atoms with van der Waals surface area (Å²) >= 11 is 0. The monoisotopic (exact) mass is 577 g/mol. The first-order valence-electron chi connectivity index (χ1n) is 14.2.